The fourth-order valence-corrected chi connectivity index (χ4v) is 2.75. The Morgan fingerprint density at radius 2 is 1.73 bits per heavy atom. The van der Waals surface area contributed by atoms with Crippen LogP contribution in [0.3, 0.4) is 0 Å². The molecule has 0 radical (unpaired) electrons. The molecular weight excluding hydrogens is 309 g/mol. The second-order valence-corrected chi connectivity index (χ2v) is 6.20. The normalized spacial score (nSPS) is 26.3. The number of nitrogens with zero attached hydrogens (tertiary/aromatic N) is 1. The number of hydrogen-bond acceptors (Lipinski definition) is 4. The van der Waals surface area contributed by atoms with Gasteiger partial charge >= 0.3 is 3.98 Å². The topological polar surface area (TPSA) is 49.8 Å². The van der Waals surface area contributed by atoms with E-state index in [0.29, 0.717) is 12.8 Å². The molecule has 88 valence electrons. The lowest BCUT2D eigenvalue weighted by molar-refractivity contribution is -0.256. The summed E-state index contributed by atoms with van der Waals surface area (Å²) in [6.07, 6.45) is 1.20. The van der Waals surface area contributed by atoms with Gasteiger partial charge in [-0.2, -0.15) is 5.06 Å². The van der Waals surface area contributed by atoms with Crippen molar-refractivity contribution >= 4 is 26.6 Å². The van der Waals surface area contributed by atoms with E-state index < -0.39 is 0 Å². The van der Waals surface area contributed by atoms with Gasteiger partial charge in [0.2, 0.25) is 0 Å². The molecule has 0 aromatic rings. The molecule has 5 heteroatoms. The van der Waals surface area contributed by atoms with Gasteiger partial charge in [-0.25, -0.2) is 4.79 Å². The number of hydroxylamine groups is 2. The van der Waals surface area contributed by atoms with E-state index in [1.807, 2.05) is 27.7 Å². The molecule has 0 aromatic carbocycles. The maximum absolute atomic E-state index is 10.9. The lowest BCUT2D eigenvalue weighted by Crippen LogP contribution is -2.60. The fourth-order valence-electron chi connectivity index (χ4n) is 2.39. The quantitative estimate of drug-likeness (QED) is 0.594. The van der Waals surface area contributed by atoms with Gasteiger partial charge in [-0.15, -0.1) is 0 Å². The summed E-state index contributed by atoms with van der Waals surface area (Å²) in [6, 6.07) is 0. The summed E-state index contributed by atoms with van der Waals surface area (Å²) in [6.45, 7) is 7.79. The van der Waals surface area contributed by atoms with Crippen LogP contribution >= 0.6 is 22.6 Å². The van der Waals surface area contributed by atoms with Crippen LogP contribution in [0.1, 0.15) is 40.5 Å². The van der Waals surface area contributed by atoms with Crippen LogP contribution in [-0.4, -0.2) is 31.4 Å². The largest absolute Gasteiger partial charge is 0.455 e. The second-order valence-electron chi connectivity index (χ2n) is 5.32. The summed E-state index contributed by atoms with van der Waals surface area (Å²) in [7, 11) is 0. The molecule has 1 aliphatic heterocycles. The third kappa shape index (κ3) is 3.04. The van der Waals surface area contributed by atoms with Gasteiger partial charge in [0.25, 0.3) is 0 Å². The molecule has 1 rings (SSSR count). The molecule has 0 aromatic heterocycles. The van der Waals surface area contributed by atoms with Crippen molar-refractivity contribution in [2.75, 3.05) is 0 Å². The minimum absolute atomic E-state index is 0.109. The fraction of sp³-hybridized carbons (Fsp3) is 0.900. The molecule has 4 nitrogen and oxygen atoms in total. The SMILES string of the molecule is CC1(C)CC(OC(=O)I)CC(C)(C)N1O. The van der Waals surface area contributed by atoms with Crippen LogP contribution in [0, 0.1) is 0 Å². The summed E-state index contributed by atoms with van der Waals surface area (Å²) in [5, 5.41) is 11.4. The van der Waals surface area contributed by atoms with E-state index in [-0.39, 0.29) is 21.2 Å². The summed E-state index contributed by atoms with van der Waals surface area (Å²) in [5.74, 6) is 0. The summed E-state index contributed by atoms with van der Waals surface area (Å²) in [4.78, 5) is 10.9. The number of piperidine rings is 1. The monoisotopic (exact) mass is 327 g/mol. The zero-order valence-corrected chi connectivity index (χ0v) is 11.7. The van der Waals surface area contributed by atoms with E-state index in [9.17, 15) is 10.0 Å². The predicted molar refractivity (Wildman–Crippen MR) is 65.3 cm³/mol. The maximum Gasteiger partial charge on any atom is 0.367 e. The summed E-state index contributed by atoms with van der Waals surface area (Å²) in [5.41, 5.74) is -0.725. The van der Waals surface area contributed by atoms with E-state index in [1.54, 1.807) is 22.6 Å². The first kappa shape index (κ1) is 13.2. The van der Waals surface area contributed by atoms with Gasteiger partial charge in [-0.1, -0.05) is 0 Å². The minimum Gasteiger partial charge on any atom is -0.455 e. The van der Waals surface area contributed by atoms with Crippen LogP contribution in [0.4, 0.5) is 4.79 Å². The van der Waals surface area contributed by atoms with Crippen molar-refractivity contribution in [2.24, 2.45) is 0 Å². The Morgan fingerprint density at radius 3 is 2.07 bits per heavy atom. The average Bonchev–Trinajstić information content (AvgIpc) is 1.97. The Morgan fingerprint density at radius 1 is 1.33 bits per heavy atom. The Bertz CT molecular complexity index is 247. The zero-order valence-electron chi connectivity index (χ0n) is 9.58. The predicted octanol–water partition coefficient (Wildman–Crippen LogP) is 2.97. The van der Waals surface area contributed by atoms with E-state index in [0.717, 1.165) is 0 Å². The number of rotatable bonds is 1. The first-order chi connectivity index (χ1) is 6.65. The Hall–Kier alpha value is 0.120. The van der Waals surface area contributed by atoms with E-state index >= 15 is 0 Å². The van der Waals surface area contributed by atoms with Crippen molar-refractivity contribution in [3.63, 3.8) is 0 Å². The average molecular weight is 327 g/mol. The molecule has 0 aliphatic carbocycles. The molecule has 15 heavy (non-hydrogen) atoms. The van der Waals surface area contributed by atoms with Gasteiger partial charge < -0.3 is 9.94 Å². The molecule has 0 amide bonds. The van der Waals surface area contributed by atoms with Crippen LogP contribution < -0.4 is 0 Å². The Balaban J connectivity index is 2.79. The van der Waals surface area contributed by atoms with Crippen molar-refractivity contribution < 1.29 is 14.7 Å². The van der Waals surface area contributed by atoms with Crippen molar-refractivity contribution in [3.05, 3.63) is 0 Å². The van der Waals surface area contributed by atoms with E-state index in [2.05, 4.69) is 0 Å². The van der Waals surface area contributed by atoms with Gasteiger partial charge in [0.05, 0.1) is 22.6 Å². The lowest BCUT2D eigenvalue weighted by Gasteiger charge is -2.50. The molecular formula is C10H18INO3. The molecule has 1 heterocycles. The standard InChI is InChI=1S/C10H18INO3/c1-9(2)5-7(15-8(11)13)6-10(3,4)12(9)14/h7,14H,5-6H2,1-4H3. The van der Waals surface area contributed by atoms with Gasteiger partial charge in [0.1, 0.15) is 6.10 Å². The summed E-state index contributed by atoms with van der Waals surface area (Å²) >= 11 is 1.64. The molecule has 1 fully saturated rings. The smallest absolute Gasteiger partial charge is 0.367 e. The molecule has 0 atom stereocenters. The second kappa shape index (κ2) is 4.18. The van der Waals surface area contributed by atoms with Crippen LogP contribution in [0.2, 0.25) is 0 Å². The highest BCUT2D eigenvalue weighted by Gasteiger charge is 2.46. The Kier molecular flexibility index (Phi) is 3.67. The van der Waals surface area contributed by atoms with Gasteiger partial charge in [0, 0.05) is 23.9 Å². The highest BCUT2D eigenvalue weighted by Crippen LogP contribution is 2.38. The first-order valence-electron chi connectivity index (χ1n) is 5.00. The molecule has 0 unspecified atom stereocenters. The van der Waals surface area contributed by atoms with Gasteiger partial charge in [-0.3, -0.25) is 0 Å². The molecule has 0 bridgehead atoms. The van der Waals surface area contributed by atoms with Crippen LogP contribution in [0.25, 0.3) is 0 Å². The van der Waals surface area contributed by atoms with Crippen molar-refractivity contribution in [1.82, 2.24) is 5.06 Å². The number of carbonyl (C=O) groups is 1. The number of ether oxygens (including phenoxy) is 1. The van der Waals surface area contributed by atoms with Crippen molar-refractivity contribution in [3.8, 4) is 0 Å². The molecule has 1 saturated heterocycles. The zero-order chi connectivity index (χ0) is 11.9. The third-order valence-corrected chi connectivity index (χ3v) is 3.11. The highest BCUT2D eigenvalue weighted by molar-refractivity contribution is 14.1. The molecule has 0 saturated carbocycles. The summed E-state index contributed by atoms with van der Waals surface area (Å²) < 4.78 is 4.94. The molecule has 0 spiro atoms. The minimum atomic E-state index is -0.363. The first-order valence-corrected chi connectivity index (χ1v) is 6.08. The van der Waals surface area contributed by atoms with Crippen LogP contribution in [0.15, 0.2) is 0 Å². The number of halogens is 1. The van der Waals surface area contributed by atoms with Crippen LogP contribution in [-0.2, 0) is 4.74 Å². The highest BCUT2D eigenvalue weighted by atomic mass is 127. The number of carbonyl (C=O) groups excluding carboxylic acids is 1. The third-order valence-electron chi connectivity index (χ3n) is 2.86. The lowest BCUT2D eigenvalue weighted by atomic mass is 9.80. The molecule has 1 aliphatic rings. The van der Waals surface area contributed by atoms with Gasteiger partial charge in [0.15, 0.2) is 0 Å². The van der Waals surface area contributed by atoms with Crippen LogP contribution in [0.5, 0.6) is 0 Å². The van der Waals surface area contributed by atoms with Gasteiger partial charge in [-0.05, 0) is 27.7 Å². The van der Waals surface area contributed by atoms with Crippen molar-refractivity contribution in [2.45, 2.75) is 57.7 Å². The van der Waals surface area contributed by atoms with E-state index in [4.69, 9.17) is 4.74 Å². The van der Waals surface area contributed by atoms with E-state index in [1.165, 1.54) is 5.06 Å². The maximum atomic E-state index is 10.9. The molecule has 1 N–H and O–H groups in total. The number of hydrogen-bond donors (Lipinski definition) is 1. The Labute approximate surface area is 104 Å². The van der Waals surface area contributed by atoms with Crippen molar-refractivity contribution in [1.29, 1.82) is 0 Å².